The molecule has 2 aromatic rings. The summed E-state index contributed by atoms with van der Waals surface area (Å²) in [6.07, 6.45) is 0. The van der Waals surface area contributed by atoms with E-state index in [2.05, 4.69) is 9.59 Å². The summed E-state index contributed by atoms with van der Waals surface area (Å²) >= 11 is 13.0. The average Bonchev–Trinajstić information content (AvgIpc) is 2.66. The van der Waals surface area contributed by atoms with E-state index in [9.17, 15) is 0 Å². The number of hydrogen-bond donors (Lipinski definition) is 0. The van der Waals surface area contributed by atoms with E-state index in [1.807, 2.05) is 19.1 Å². The second-order valence-corrected chi connectivity index (χ2v) is 4.98. The molecule has 3 nitrogen and oxygen atoms in total. The standard InChI is InChI=1S/C10H8Cl2N2OS/c1-6-2-3-7(11)9(4-6)15-5-8-10(12)16-14-13-8/h2-4H,5H2,1H3. The molecule has 0 amide bonds. The van der Waals surface area contributed by atoms with Crippen molar-refractivity contribution in [3.05, 3.63) is 38.8 Å². The molecule has 2 rings (SSSR count). The minimum atomic E-state index is 0.276. The number of hydrogen-bond acceptors (Lipinski definition) is 4. The van der Waals surface area contributed by atoms with E-state index in [0.29, 0.717) is 20.8 Å². The van der Waals surface area contributed by atoms with Crippen LogP contribution in [0.5, 0.6) is 5.75 Å². The minimum absolute atomic E-state index is 0.276. The zero-order valence-corrected chi connectivity index (χ0v) is 10.7. The smallest absolute Gasteiger partial charge is 0.141 e. The summed E-state index contributed by atoms with van der Waals surface area (Å²) in [5.74, 6) is 0.630. The largest absolute Gasteiger partial charge is 0.486 e. The highest BCUT2D eigenvalue weighted by molar-refractivity contribution is 7.10. The Hall–Kier alpha value is -0.840. The van der Waals surface area contributed by atoms with Gasteiger partial charge in [-0.15, -0.1) is 5.10 Å². The lowest BCUT2D eigenvalue weighted by molar-refractivity contribution is 0.301. The van der Waals surface area contributed by atoms with Gasteiger partial charge in [-0.05, 0) is 24.6 Å². The van der Waals surface area contributed by atoms with Gasteiger partial charge in [0, 0.05) is 11.5 Å². The Labute approximate surface area is 107 Å². The van der Waals surface area contributed by atoms with Gasteiger partial charge < -0.3 is 4.74 Å². The van der Waals surface area contributed by atoms with Crippen molar-refractivity contribution in [3.63, 3.8) is 0 Å². The highest BCUT2D eigenvalue weighted by Crippen LogP contribution is 2.27. The van der Waals surface area contributed by atoms with Crippen molar-refractivity contribution in [2.75, 3.05) is 0 Å². The van der Waals surface area contributed by atoms with Crippen LogP contribution >= 0.6 is 34.7 Å². The second-order valence-electron chi connectivity index (χ2n) is 3.22. The molecule has 1 aromatic carbocycles. The van der Waals surface area contributed by atoms with Gasteiger partial charge in [0.2, 0.25) is 0 Å². The van der Waals surface area contributed by atoms with Gasteiger partial charge in [0.1, 0.15) is 22.4 Å². The lowest BCUT2D eigenvalue weighted by atomic mass is 10.2. The van der Waals surface area contributed by atoms with Crippen molar-refractivity contribution in [2.45, 2.75) is 13.5 Å². The molecule has 0 spiro atoms. The number of benzene rings is 1. The van der Waals surface area contributed by atoms with Crippen molar-refractivity contribution in [1.29, 1.82) is 0 Å². The summed E-state index contributed by atoms with van der Waals surface area (Å²) in [5, 5.41) is 4.43. The fourth-order valence-electron chi connectivity index (χ4n) is 1.15. The number of rotatable bonds is 3. The third-order valence-corrected chi connectivity index (χ3v) is 3.26. The Morgan fingerprint density at radius 3 is 2.88 bits per heavy atom. The van der Waals surface area contributed by atoms with Crippen molar-refractivity contribution in [1.82, 2.24) is 9.59 Å². The van der Waals surface area contributed by atoms with E-state index >= 15 is 0 Å². The van der Waals surface area contributed by atoms with Crippen LogP contribution in [0.1, 0.15) is 11.3 Å². The van der Waals surface area contributed by atoms with Crippen molar-refractivity contribution in [3.8, 4) is 5.75 Å². The zero-order valence-electron chi connectivity index (χ0n) is 8.41. The Bertz CT molecular complexity index is 501. The third-order valence-electron chi connectivity index (χ3n) is 1.96. The summed E-state index contributed by atoms with van der Waals surface area (Å²) < 4.78 is 9.80. The van der Waals surface area contributed by atoms with Gasteiger partial charge in [-0.2, -0.15) is 0 Å². The fraction of sp³-hybridized carbons (Fsp3) is 0.200. The van der Waals surface area contributed by atoms with Gasteiger partial charge in [0.25, 0.3) is 0 Å². The van der Waals surface area contributed by atoms with E-state index in [1.54, 1.807) is 6.07 Å². The first kappa shape index (κ1) is 11.6. The number of aryl methyl sites for hydroxylation is 1. The topological polar surface area (TPSA) is 35.0 Å². The number of ether oxygens (including phenoxy) is 1. The van der Waals surface area contributed by atoms with Gasteiger partial charge in [0.15, 0.2) is 0 Å². The Morgan fingerprint density at radius 2 is 2.19 bits per heavy atom. The molecule has 0 saturated carbocycles. The fourth-order valence-corrected chi connectivity index (χ4v) is 1.92. The summed E-state index contributed by atoms with van der Waals surface area (Å²) in [4.78, 5) is 0. The van der Waals surface area contributed by atoms with E-state index < -0.39 is 0 Å². The molecule has 0 radical (unpaired) electrons. The minimum Gasteiger partial charge on any atom is -0.486 e. The van der Waals surface area contributed by atoms with Gasteiger partial charge >= 0.3 is 0 Å². The zero-order chi connectivity index (χ0) is 11.5. The van der Waals surface area contributed by atoms with Crippen molar-refractivity contribution < 1.29 is 4.74 Å². The summed E-state index contributed by atoms with van der Waals surface area (Å²) in [5.41, 5.74) is 1.71. The van der Waals surface area contributed by atoms with E-state index in [-0.39, 0.29) is 6.61 Å². The van der Waals surface area contributed by atoms with Crippen LogP contribution in [0.25, 0.3) is 0 Å². The average molecular weight is 275 g/mol. The molecule has 0 unspecified atom stereocenters. The van der Waals surface area contributed by atoms with Crippen LogP contribution in [0.4, 0.5) is 0 Å². The van der Waals surface area contributed by atoms with Gasteiger partial charge in [0.05, 0.1) is 5.02 Å². The summed E-state index contributed by atoms with van der Waals surface area (Å²) in [6.45, 7) is 2.25. The van der Waals surface area contributed by atoms with Gasteiger partial charge in [-0.1, -0.05) is 33.8 Å². The molecule has 0 aliphatic rings. The SMILES string of the molecule is Cc1ccc(Cl)c(OCc2nnsc2Cl)c1. The molecule has 0 aliphatic heterocycles. The van der Waals surface area contributed by atoms with Gasteiger partial charge in [-0.25, -0.2) is 0 Å². The van der Waals surface area contributed by atoms with Crippen LogP contribution in [-0.2, 0) is 6.61 Å². The highest BCUT2D eigenvalue weighted by atomic mass is 35.5. The summed E-state index contributed by atoms with van der Waals surface area (Å²) in [7, 11) is 0. The molecule has 16 heavy (non-hydrogen) atoms. The molecule has 84 valence electrons. The quantitative estimate of drug-likeness (QED) is 0.856. The molecule has 6 heteroatoms. The highest BCUT2D eigenvalue weighted by Gasteiger charge is 2.07. The first-order chi connectivity index (χ1) is 7.66. The Morgan fingerprint density at radius 1 is 1.38 bits per heavy atom. The first-order valence-corrected chi connectivity index (χ1v) is 6.05. The third kappa shape index (κ3) is 2.64. The second kappa shape index (κ2) is 4.99. The van der Waals surface area contributed by atoms with Crippen LogP contribution in [0.2, 0.25) is 9.36 Å². The van der Waals surface area contributed by atoms with E-state index in [0.717, 1.165) is 17.1 Å². The van der Waals surface area contributed by atoms with Crippen LogP contribution in [-0.4, -0.2) is 9.59 Å². The lowest BCUT2D eigenvalue weighted by Crippen LogP contribution is -1.97. The molecular formula is C10H8Cl2N2OS. The monoisotopic (exact) mass is 274 g/mol. The molecule has 0 fully saturated rings. The number of aromatic nitrogens is 2. The van der Waals surface area contributed by atoms with E-state index in [4.69, 9.17) is 27.9 Å². The van der Waals surface area contributed by atoms with E-state index in [1.165, 1.54) is 0 Å². The predicted octanol–water partition coefficient (Wildman–Crippen LogP) is 3.73. The summed E-state index contributed by atoms with van der Waals surface area (Å²) in [6, 6.07) is 5.59. The van der Waals surface area contributed by atoms with Crippen LogP contribution in [0, 0.1) is 6.92 Å². The number of halogens is 2. The van der Waals surface area contributed by atoms with Crippen molar-refractivity contribution in [2.24, 2.45) is 0 Å². The van der Waals surface area contributed by atoms with Gasteiger partial charge in [-0.3, -0.25) is 0 Å². The molecular weight excluding hydrogens is 267 g/mol. The molecule has 0 atom stereocenters. The molecule has 0 saturated heterocycles. The molecule has 0 bridgehead atoms. The van der Waals surface area contributed by atoms with Crippen LogP contribution in [0.15, 0.2) is 18.2 Å². The lowest BCUT2D eigenvalue weighted by Gasteiger charge is -2.07. The van der Waals surface area contributed by atoms with Crippen LogP contribution in [0.3, 0.4) is 0 Å². The maximum absolute atomic E-state index is 5.98. The van der Waals surface area contributed by atoms with Crippen molar-refractivity contribution >= 4 is 34.7 Å². The van der Waals surface area contributed by atoms with Crippen LogP contribution < -0.4 is 4.74 Å². The molecule has 1 heterocycles. The normalized spacial score (nSPS) is 10.4. The number of nitrogens with zero attached hydrogens (tertiary/aromatic N) is 2. The maximum atomic E-state index is 5.98. The molecule has 0 aliphatic carbocycles. The Balaban J connectivity index is 2.10. The molecule has 0 N–H and O–H groups in total. The maximum Gasteiger partial charge on any atom is 0.141 e. The predicted molar refractivity (Wildman–Crippen MR) is 65.4 cm³/mol. The first-order valence-electron chi connectivity index (χ1n) is 4.52. The molecule has 1 aromatic heterocycles. The Kier molecular flexibility index (Phi) is 3.63.